The van der Waals surface area contributed by atoms with E-state index in [0.29, 0.717) is 0 Å². The number of aromatic nitrogens is 3. The number of halogens is 2. The van der Waals surface area contributed by atoms with Crippen molar-refractivity contribution < 1.29 is 9.18 Å². The fourth-order valence-electron chi connectivity index (χ4n) is 1.81. The smallest absolute Gasteiger partial charge is 0.277 e. The average molecular weight is 296 g/mol. The molecule has 2 N–H and O–H groups in total. The summed E-state index contributed by atoms with van der Waals surface area (Å²) in [5.74, 6) is -1.14. The maximum atomic E-state index is 13.6. The summed E-state index contributed by atoms with van der Waals surface area (Å²) in [4.78, 5) is 12.0. The first-order valence-corrected chi connectivity index (χ1v) is 6.41. The molecular weight excluding hydrogens is 285 g/mol. The van der Waals surface area contributed by atoms with Gasteiger partial charge in [-0.15, -0.1) is 5.10 Å². The molecule has 8 heteroatoms. The number of hydrogen-bond donors (Lipinski definition) is 2. The summed E-state index contributed by atoms with van der Waals surface area (Å²) in [6, 6.07) is 4.39. The molecule has 2 aromatic rings. The minimum atomic E-state index is -0.596. The van der Waals surface area contributed by atoms with Gasteiger partial charge < -0.3 is 10.6 Å². The second-order valence-corrected chi connectivity index (χ2v) is 4.85. The standard InChI is InChI=1S/C12H11ClFN5O/c13-8-2-1-3-9(14)11(8)16-12(20)10-6-19(18-17-10)7-4-15-5-7/h1-3,6-7,15H,4-5H2,(H,16,20). The minimum Gasteiger partial charge on any atom is -0.317 e. The molecule has 1 aromatic carbocycles. The first-order chi connectivity index (χ1) is 9.65. The van der Waals surface area contributed by atoms with E-state index in [1.165, 1.54) is 24.4 Å². The number of hydrogen-bond acceptors (Lipinski definition) is 4. The summed E-state index contributed by atoms with van der Waals surface area (Å²) in [5.41, 5.74) is 0.0650. The SMILES string of the molecule is O=C(Nc1c(F)cccc1Cl)c1cn(C2CNC2)nn1. The topological polar surface area (TPSA) is 71.8 Å². The van der Waals surface area contributed by atoms with Crippen molar-refractivity contribution in [3.05, 3.63) is 40.9 Å². The molecular formula is C12H11ClFN5O. The minimum absolute atomic E-state index is 0.0565. The molecule has 0 unspecified atom stereocenters. The van der Waals surface area contributed by atoms with Crippen LogP contribution >= 0.6 is 11.6 Å². The van der Waals surface area contributed by atoms with E-state index in [1.54, 1.807) is 4.68 Å². The first kappa shape index (κ1) is 13.0. The molecule has 0 radical (unpaired) electrons. The lowest BCUT2D eigenvalue weighted by atomic mass is 10.2. The highest BCUT2D eigenvalue weighted by Gasteiger charge is 2.22. The number of benzene rings is 1. The van der Waals surface area contributed by atoms with Gasteiger partial charge in [0.1, 0.15) is 5.82 Å². The van der Waals surface area contributed by atoms with Crippen LogP contribution in [0.3, 0.4) is 0 Å². The average Bonchev–Trinajstić information content (AvgIpc) is 2.81. The Bertz CT molecular complexity index is 635. The number of carbonyl (C=O) groups is 1. The number of nitrogens with zero attached hydrogens (tertiary/aromatic N) is 3. The Morgan fingerprint density at radius 1 is 1.50 bits per heavy atom. The Balaban J connectivity index is 1.77. The van der Waals surface area contributed by atoms with Crippen molar-refractivity contribution in [3.8, 4) is 0 Å². The van der Waals surface area contributed by atoms with E-state index in [2.05, 4.69) is 20.9 Å². The third-order valence-corrected chi connectivity index (χ3v) is 3.39. The summed E-state index contributed by atoms with van der Waals surface area (Å²) < 4.78 is 15.2. The summed E-state index contributed by atoms with van der Waals surface area (Å²) in [6.07, 6.45) is 1.54. The number of nitrogens with one attached hydrogen (secondary N) is 2. The van der Waals surface area contributed by atoms with E-state index in [1.807, 2.05) is 0 Å². The van der Waals surface area contributed by atoms with Gasteiger partial charge in [0.2, 0.25) is 0 Å². The van der Waals surface area contributed by atoms with Crippen molar-refractivity contribution in [2.24, 2.45) is 0 Å². The van der Waals surface area contributed by atoms with Gasteiger partial charge in [-0.1, -0.05) is 22.9 Å². The third kappa shape index (κ3) is 2.37. The number of anilines is 1. The largest absolute Gasteiger partial charge is 0.317 e. The van der Waals surface area contributed by atoms with E-state index in [-0.39, 0.29) is 22.4 Å². The molecule has 104 valence electrons. The molecule has 1 aliphatic rings. The fourth-order valence-corrected chi connectivity index (χ4v) is 2.02. The summed E-state index contributed by atoms with van der Waals surface area (Å²) >= 11 is 5.84. The van der Waals surface area contributed by atoms with Crippen molar-refractivity contribution in [2.75, 3.05) is 18.4 Å². The van der Waals surface area contributed by atoms with Gasteiger partial charge in [-0.2, -0.15) is 0 Å². The van der Waals surface area contributed by atoms with Crippen LogP contribution in [0.2, 0.25) is 5.02 Å². The van der Waals surface area contributed by atoms with Gasteiger partial charge in [-0.05, 0) is 12.1 Å². The van der Waals surface area contributed by atoms with E-state index in [0.717, 1.165) is 13.1 Å². The Morgan fingerprint density at radius 2 is 2.30 bits per heavy atom. The molecule has 3 rings (SSSR count). The second kappa shape index (κ2) is 5.18. The van der Waals surface area contributed by atoms with Gasteiger partial charge in [0.25, 0.3) is 5.91 Å². The van der Waals surface area contributed by atoms with Crippen LogP contribution in [0.15, 0.2) is 24.4 Å². The molecule has 1 amide bonds. The van der Waals surface area contributed by atoms with Gasteiger partial charge in [-0.3, -0.25) is 4.79 Å². The second-order valence-electron chi connectivity index (χ2n) is 4.45. The molecule has 20 heavy (non-hydrogen) atoms. The van der Waals surface area contributed by atoms with Crippen molar-refractivity contribution in [2.45, 2.75) is 6.04 Å². The van der Waals surface area contributed by atoms with Crippen molar-refractivity contribution in [3.63, 3.8) is 0 Å². The number of amides is 1. The van der Waals surface area contributed by atoms with Crippen LogP contribution in [0, 0.1) is 5.82 Å². The molecule has 1 aliphatic heterocycles. The zero-order valence-electron chi connectivity index (χ0n) is 10.3. The molecule has 0 saturated carbocycles. The Kier molecular flexibility index (Phi) is 3.37. The third-order valence-electron chi connectivity index (χ3n) is 3.08. The van der Waals surface area contributed by atoms with Crippen LogP contribution in [0.1, 0.15) is 16.5 Å². The van der Waals surface area contributed by atoms with Gasteiger partial charge in [0.15, 0.2) is 5.69 Å². The number of rotatable bonds is 3. The van der Waals surface area contributed by atoms with Crippen LogP contribution in [-0.4, -0.2) is 34.0 Å². The molecule has 1 aromatic heterocycles. The van der Waals surface area contributed by atoms with Gasteiger partial charge in [0.05, 0.1) is 22.9 Å². The predicted molar refractivity (Wildman–Crippen MR) is 71.3 cm³/mol. The highest BCUT2D eigenvalue weighted by atomic mass is 35.5. The number of para-hydroxylation sites is 1. The van der Waals surface area contributed by atoms with Crippen LogP contribution in [0.5, 0.6) is 0 Å². The highest BCUT2D eigenvalue weighted by Crippen LogP contribution is 2.25. The van der Waals surface area contributed by atoms with Crippen molar-refractivity contribution in [1.29, 1.82) is 0 Å². The monoisotopic (exact) mass is 295 g/mol. The quantitative estimate of drug-likeness (QED) is 0.899. The molecule has 1 fully saturated rings. The summed E-state index contributed by atoms with van der Waals surface area (Å²) in [5, 5.41) is 13.3. The molecule has 0 atom stereocenters. The van der Waals surface area contributed by atoms with E-state index >= 15 is 0 Å². The van der Waals surface area contributed by atoms with Gasteiger partial charge in [-0.25, -0.2) is 9.07 Å². The van der Waals surface area contributed by atoms with Crippen LogP contribution in [0.25, 0.3) is 0 Å². The predicted octanol–water partition coefficient (Wildman–Crippen LogP) is 1.47. The zero-order valence-corrected chi connectivity index (χ0v) is 11.1. The van der Waals surface area contributed by atoms with Crippen molar-refractivity contribution in [1.82, 2.24) is 20.3 Å². The fraction of sp³-hybridized carbons (Fsp3) is 0.250. The Morgan fingerprint density at radius 3 is 2.95 bits per heavy atom. The highest BCUT2D eigenvalue weighted by molar-refractivity contribution is 6.33. The van der Waals surface area contributed by atoms with Gasteiger partial charge in [0, 0.05) is 13.1 Å². The van der Waals surface area contributed by atoms with E-state index in [4.69, 9.17) is 11.6 Å². The molecule has 2 heterocycles. The molecule has 0 bridgehead atoms. The number of carbonyl (C=O) groups excluding carboxylic acids is 1. The van der Waals surface area contributed by atoms with Crippen LogP contribution < -0.4 is 10.6 Å². The van der Waals surface area contributed by atoms with E-state index < -0.39 is 11.7 Å². The lowest BCUT2D eigenvalue weighted by Crippen LogP contribution is -2.43. The first-order valence-electron chi connectivity index (χ1n) is 6.03. The molecule has 0 aliphatic carbocycles. The lowest BCUT2D eigenvalue weighted by molar-refractivity contribution is 0.102. The van der Waals surface area contributed by atoms with Crippen molar-refractivity contribution >= 4 is 23.2 Å². The Labute approximate surface area is 118 Å². The lowest BCUT2D eigenvalue weighted by Gasteiger charge is -2.26. The molecule has 1 saturated heterocycles. The van der Waals surface area contributed by atoms with Crippen LogP contribution in [0.4, 0.5) is 10.1 Å². The summed E-state index contributed by atoms with van der Waals surface area (Å²) in [6.45, 7) is 1.59. The zero-order chi connectivity index (χ0) is 14.1. The maximum Gasteiger partial charge on any atom is 0.277 e. The Hall–Kier alpha value is -1.99. The molecule has 6 nitrogen and oxygen atoms in total. The molecule has 0 spiro atoms. The van der Waals surface area contributed by atoms with Gasteiger partial charge >= 0.3 is 0 Å². The van der Waals surface area contributed by atoms with E-state index in [9.17, 15) is 9.18 Å². The normalized spacial score (nSPS) is 14.9. The van der Waals surface area contributed by atoms with Crippen LogP contribution in [-0.2, 0) is 0 Å². The summed E-state index contributed by atoms with van der Waals surface area (Å²) in [7, 11) is 0. The maximum absolute atomic E-state index is 13.6.